The van der Waals surface area contributed by atoms with Crippen molar-refractivity contribution in [3.63, 3.8) is 0 Å². The van der Waals surface area contributed by atoms with Gasteiger partial charge in [-0.05, 0) is 14.1 Å². The van der Waals surface area contributed by atoms with E-state index in [9.17, 15) is 0 Å². The van der Waals surface area contributed by atoms with Crippen molar-refractivity contribution in [1.29, 1.82) is 0 Å². The molecule has 0 aliphatic carbocycles. The van der Waals surface area contributed by atoms with Gasteiger partial charge in [-0.15, -0.1) is 0 Å². The molecule has 7 heteroatoms. The highest BCUT2D eigenvalue weighted by Gasteiger charge is 2.26. The van der Waals surface area contributed by atoms with Crippen LogP contribution < -0.4 is 5.32 Å². The summed E-state index contributed by atoms with van der Waals surface area (Å²) in [5.74, 6) is 3.68. The number of rotatable bonds is 6. The molecule has 0 saturated carbocycles. The summed E-state index contributed by atoms with van der Waals surface area (Å²) in [6.07, 6.45) is 0.695. The van der Waals surface area contributed by atoms with E-state index in [1.165, 1.54) is 5.75 Å². The molecule has 0 aromatic carbocycles. The fraction of sp³-hybridized carbons (Fsp3) is 0.833. The Morgan fingerprint density at radius 1 is 1.63 bits per heavy atom. The molecule has 1 aliphatic rings. The highest BCUT2D eigenvalue weighted by molar-refractivity contribution is 7.99. The number of hydrogen-bond acceptors (Lipinski definition) is 7. The Hall–Kier alpha value is -0.630. The molecule has 108 valence electrons. The van der Waals surface area contributed by atoms with E-state index in [4.69, 9.17) is 9.26 Å². The van der Waals surface area contributed by atoms with E-state index in [2.05, 4.69) is 27.4 Å². The molecule has 0 amide bonds. The molecule has 1 aliphatic heterocycles. The van der Waals surface area contributed by atoms with Gasteiger partial charge in [-0.1, -0.05) is 5.16 Å². The normalized spacial score (nSPS) is 22.6. The Labute approximate surface area is 118 Å². The van der Waals surface area contributed by atoms with Gasteiger partial charge >= 0.3 is 0 Å². The first kappa shape index (κ1) is 14.8. The lowest BCUT2D eigenvalue weighted by molar-refractivity contribution is 0.165. The first-order valence-corrected chi connectivity index (χ1v) is 7.66. The van der Waals surface area contributed by atoms with Crippen molar-refractivity contribution >= 4 is 11.8 Å². The Morgan fingerprint density at radius 3 is 3.16 bits per heavy atom. The number of thioether (sulfide) groups is 1. The van der Waals surface area contributed by atoms with Gasteiger partial charge in [0.1, 0.15) is 0 Å². The molecule has 1 fully saturated rings. The van der Waals surface area contributed by atoms with Crippen LogP contribution in [-0.2, 0) is 11.2 Å². The lowest BCUT2D eigenvalue weighted by Crippen LogP contribution is -2.33. The topological polar surface area (TPSA) is 63.4 Å². The Bertz CT molecular complexity index is 388. The van der Waals surface area contributed by atoms with Gasteiger partial charge in [0.2, 0.25) is 5.89 Å². The smallest absolute Gasteiger partial charge is 0.228 e. The molecule has 0 bridgehead atoms. The molecular weight excluding hydrogens is 264 g/mol. The third-order valence-electron chi connectivity index (χ3n) is 3.38. The SMILES string of the molecule is CNC(COC)Cc1nc(C2CSCCN2C)no1. The van der Waals surface area contributed by atoms with Crippen LogP contribution in [-0.4, -0.2) is 66.9 Å². The van der Waals surface area contributed by atoms with Crippen LogP contribution in [0.25, 0.3) is 0 Å². The minimum Gasteiger partial charge on any atom is -0.383 e. The molecule has 1 N–H and O–H groups in total. The quantitative estimate of drug-likeness (QED) is 0.820. The maximum absolute atomic E-state index is 5.35. The average molecular weight is 286 g/mol. The van der Waals surface area contributed by atoms with Crippen LogP contribution in [0.15, 0.2) is 4.52 Å². The van der Waals surface area contributed by atoms with E-state index in [0.29, 0.717) is 18.9 Å². The number of methoxy groups -OCH3 is 1. The van der Waals surface area contributed by atoms with Crippen LogP contribution in [0, 0.1) is 0 Å². The molecule has 6 nitrogen and oxygen atoms in total. The molecule has 2 atom stereocenters. The van der Waals surface area contributed by atoms with Gasteiger partial charge in [-0.2, -0.15) is 16.7 Å². The van der Waals surface area contributed by atoms with Crippen molar-refractivity contribution in [2.24, 2.45) is 0 Å². The second-order valence-electron chi connectivity index (χ2n) is 4.76. The van der Waals surface area contributed by atoms with E-state index in [1.54, 1.807) is 7.11 Å². The highest BCUT2D eigenvalue weighted by atomic mass is 32.2. The largest absolute Gasteiger partial charge is 0.383 e. The van der Waals surface area contributed by atoms with Crippen molar-refractivity contribution < 1.29 is 9.26 Å². The highest BCUT2D eigenvalue weighted by Crippen LogP contribution is 2.26. The van der Waals surface area contributed by atoms with Crippen LogP contribution in [0.3, 0.4) is 0 Å². The fourth-order valence-electron chi connectivity index (χ4n) is 2.10. The van der Waals surface area contributed by atoms with Gasteiger partial charge in [0.25, 0.3) is 0 Å². The predicted octanol–water partition coefficient (Wildman–Crippen LogP) is 0.566. The Kier molecular flexibility index (Phi) is 5.62. The summed E-state index contributed by atoms with van der Waals surface area (Å²) in [5.41, 5.74) is 0. The van der Waals surface area contributed by atoms with E-state index < -0.39 is 0 Å². The monoisotopic (exact) mass is 286 g/mol. The first-order chi connectivity index (χ1) is 9.24. The zero-order valence-electron chi connectivity index (χ0n) is 11.8. The molecule has 2 heterocycles. The molecular formula is C12H22N4O2S. The van der Waals surface area contributed by atoms with E-state index in [0.717, 1.165) is 18.1 Å². The van der Waals surface area contributed by atoms with E-state index in [-0.39, 0.29) is 12.1 Å². The summed E-state index contributed by atoms with van der Waals surface area (Å²) in [7, 11) is 5.71. The molecule has 1 aromatic heterocycles. The summed E-state index contributed by atoms with van der Waals surface area (Å²) in [4.78, 5) is 6.81. The zero-order valence-corrected chi connectivity index (χ0v) is 12.6. The van der Waals surface area contributed by atoms with Crippen LogP contribution in [0.2, 0.25) is 0 Å². The van der Waals surface area contributed by atoms with Gasteiger partial charge in [-0.25, -0.2) is 0 Å². The molecule has 2 unspecified atom stereocenters. The molecule has 1 saturated heterocycles. The summed E-state index contributed by atoms with van der Waals surface area (Å²) in [6, 6.07) is 0.475. The zero-order chi connectivity index (χ0) is 13.7. The molecule has 19 heavy (non-hydrogen) atoms. The fourth-order valence-corrected chi connectivity index (χ4v) is 3.31. The number of nitrogens with one attached hydrogen (secondary N) is 1. The molecule has 0 spiro atoms. The van der Waals surface area contributed by atoms with Crippen LogP contribution in [0.4, 0.5) is 0 Å². The predicted molar refractivity (Wildman–Crippen MR) is 75.4 cm³/mol. The minimum absolute atomic E-state index is 0.205. The summed E-state index contributed by atoms with van der Waals surface area (Å²) >= 11 is 1.94. The van der Waals surface area contributed by atoms with Crippen LogP contribution in [0.5, 0.6) is 0 Å². The van der Waals surface area contributed by atoms with Crippen molar-refractivity contribution in [3.8, 4) is 0 Å². The molecule has 0 radical (unpaired) electrons. The van der Waals surface area contributed by atoms with Gasteiger partial charge in [0, 0.05) is 37.6 Å². The van der Waals surface area contributed by atoms with Gasteiger partial charge < -0.3 is 14.6 Å². The third kappa shape index (κ3) is 3.92. The lowest BCUT2D eigenvalue weighted by Gasteiger charge is -2.29. The first-order valence-electron chi connectivity index (χ1n) is 6.51. The summed E-state index contributed by atoms with van der Waals surface area (Å²) in [5, 5.41) is 7.31. The second kappa shape index (κ2) is 7.23. The number of ether oxygens (including phenoxy) is 1. The number of likely N-dealkylation sites (N-methyl/N-ethyl adjacent to an activating group) is 1. The summed E-state index contributed by atoms with van der Waals surface area (Å²) in [6.45, 7) is 1.70. The maximum atomic E-state index is 5.35. The van der Waals surface area contributed by atoms with E-state index in [1.807, 2.05) is 18.8 Å². The summed E-state index contributed by atoms with van der Waals surface area (Å²) < 4.78 is 10.5. The van der Waals surface area contributed by atoms with Crippen LogP contribution in [0.1, 0.15) is 17.8 Å². The average Bonchev–Trinajstić information content (AvgIpc) is 2.87. The Balaban J connectivity index is 1.97. The van der Waals surface area contributed by atoms with Crippen molar-refractivity contribution in [2.75, 3.05) is 45.9 Å². The van der Waals surface area contributed by atoms with Gasteiger partial charge in [0.05, 0.1) is 12.6 Å². The minimum atomic E-state index is 0.205. The van der Waals surface area contributed by atoms with Gasteiger partial charge in [-0.3, -0.25) is 4.90 Å². The second-order valence-corrected chi connectivity index (χ2v) is 5.91. The molecule has 1 aromatic rings. The number of aromatic nitrogens is 2. The standard InChI is InChI=1S/C12H22N4O2S/c1-13-9(7-17-3)6-11-14-12(15-18-11)10-8-19-5-4-16(10)2/h9-10,13H,4-8H2,1-3H3. The molecule has 2 rings (SSSR count). The van der Waals surface area contributed by atoms with Crippen molar-refractivity contribution in [1.82, 2.24) is 20.4 Å². The Morgan fingerprint density at radius 2 is 2.47 bits per heavy atom. The number of nitrogens with zero attached hydrogens (tertiary/aromatic N) is 3. The lowest BCUT2D eigenvalue weighted by atomic mass is 10.2. The van der Waals surface area contributed by atoms with E-state index >= 15 is 0 Å². The van der Waals surface area contributed by atoms with Crippen molar-refractivity contribution in [3.05, 3.63) is 11.7 Å². The van der Waals surface area contributed by atoms with Crippen LogP contribution >= 0.6 is 11.8 Å². The third-order valence-corrected chi connectivity index (χ3v) is 4.40. The van der Waals surface area contributed by atoms with Gasteiger partial charge in [0.15, 0.2) is 5.82 Å². The van der Waals surface area contributed by atoms with Crippen molar-refractivity contribution in [2.45, 2.75) is 18.5 Å². The number of hydrogen-bond donors (Lipinski definition) is 1. The maximum Gasteiger partial charge on any atom is 0.228 e.